The number of rotatable bonds is 7. The van der Waals surface area contributed by atoms with Crippen LogP contribution in [0.15, 0.2) is 30.3 Å². The summed E-state index contributed by atoms with van der Waals surface area (Å²) in [5, 5.41) is 3.08. The van der Waals surface area contributed by atoms with Gasteiger partial charge in [-0.15, -0.1) is 0 Å². The largest absolute Gasteiger partial charge is 0.467 e. The van der Waals surface area contributed by atoms with E-state index in [1.54, 1.807) is 7.05 Å². The molecule has 0 spiro atoms. The van der Waals surface area contributed by atoms with Crippen LogP contribution in [0, 0.1) is 5.92 Å². The number of likely N-dealkylation sites (N-methyl/N-ethyl adjacent to an activating group) is 1. The summed E-state index contributed by atoms with van der Waals surface area (Å²) in [6, 6.07) is 9.51. The zero-order valence-corrected chi connectivity index (χ0v) is 12.6. The highest BCUT2D eigenvalue weighted by Crippen LogP contribution is 2.24. The molecule has 2 rings (SSSR count). The Balaban J connectivity index is 2.09. The number of methoxy groups -OCH3 is 1. The molecule has 1 aliphatic rings. The van der Waals surface area contributed by atoms with Crippen molar-refractivity contribution in [2.75, 3.05) is 40.6 Å². The average Bonchev–Trinajstić information content (AvgIpc) is 3.05. The lowest BCUT2D eigenvalue weighted by Crippen LogP contribution is -2.52. The highest BCUT2D eigenvalue weighted by atomic mass is 16.5. The van der Waals surface area contributed by atoms with E-state index < -0.39 is 5.54 Å². The third-order valence-electron chi connectivity index (χ3n) is 3.92. The van der Waals surface area contributed by atoms with Gasteiger partial charge in [0.25, 0.3) is 0 Å². The van der Waals surface area contributed by atoms with Gasteiger partial charge < -0.3 is 14.2 Å². The van der Waals surface area contributed by atoms with Crippen LogP contribution in [0.1, 0.15) is 12.0 Å². The van der Waals surface area contributed by atoms with Crippen molar-refractivity contribution >= 4 is 5.97 Å². The van der Waals surface area contributed by atoms with E-state index in [2.05, 4.69) is 5.32 Å². The molecule has 2 atom stereocenters. The maximum absolute atomic E-state index is 12.3. The predicted molar refractivity (Wildman–Crippen MR) is 78.9 cm³/mol. The van der Waals surface area contributed by atoms with E-state index in [1.807, 2.05) is 30.3 Å². The first-order valence-electron chi connectivity index (χ1n) is 7.21. The zero-order chi connectivity index (χ0) is 15.1. The topological polar surface area (TPSA) is 56.8 Å². The van der Waals surface area contributed by atoms with Crippen LogP contribution < -0.4 is 5.32 Å². The quantitative estimate of drug-likeness (QED) is 0.769. The minimum atomic E-state index is -0.977. The lowest BCUT2D eigenvalue weighted by Gasteiger charge is -2.31. The van der Waals surface area contributed by atoms with Gasteiger partial charge in [0, 0.05) is 12.5 Å². The molecule has 1 aromatic carbocycles. The van der Waals surface area contributed by atoms with Crippen molar-refractivity contribution < 1.29 is 19.0 Å². The van der Waals surface area contributed by atoms with Crippen molar-refractivity contribution in [3.05, 3.63) is 35.9 Å². The summed E-state index contributed by atoms with van der Waals surface area (Å²) in [7, 11) is 3.13. The van der Waals surface area contributed by atoms with Crippen LogP contribution in [-0.4, -0.2) is 46.6 Å². The van der Waals surface area contributed by atoms with Gasteiger partial charge in [-0.3, -0.25) is 5.32 Å². The number of benzene rings is 1. The molecule has 5 nitrogen and oxygen atoms in total. The van der Waals surface area contributed by atoms with Gasteiger partial charge in [0.2, 0.25) is 0 Å². The summed E-state index contributed by atoms with van der Waals surface area (Å²) < 4.78 is 16.1. The van der Waals surface area contributed by atoms with Crippen LogP contribution in [0.25, 0.3) is 0 Å². The number of ether oxygens (including phenoxy) is 3. The Kier molecular flexibility index (Phi) is 5.73. The Labute approximate surface area is 125 Å². The van der Waals surface area contributed by atoms with Crippen LogP contribution in [0.2, 0.25) is 0 Å². The number of hydrogen-bond donors (Lipinski definition) is 1. The number of carbonyl (C=O) groups excluding carboxylic acids is 1. The van der Waals surface area contributed by atoms with Crippen LogP contribution in [-0.2, 0) is 24.5 Å². The fourth-order valence-electron chi connectivity index (χ4n) is 2.57. The molecule has 1 fully saturated rings. The van der Waals surface area contributed by atoms with Crippen molar-refractivity contribution in [1.29, 1.82) is 0 Å². The van der Waals surface area contributed by atoms with E-state index in [0.29, 0.717) is 12.5 Å². The van der Waals surface area contributed by atoms with Crippen LogP contribution in [0.4, 0.5) is 0 Å². The van der Waals surface area contributed by atoms with Crippen molar-refractivity contribution in [3.8, 4) is 0 Å². The molecule has 2 unspecified atom stereocenters. The first-order valence-corrected chi connectivity index (χ1v) is 7.21. The third-order valence-corrected chi connectivity index (χ3v) is 3.92. The molecule has 5 heteroatoms. The standard InChI is InChI=1S/C16H23NO4/c1-17-16(15(18)19-2,14-6-4-3-5-7-14)12-21-11-13-8-9-20-10-13/h3-7,13,17H,8-12H2,1-2H3. The summed E-state index contributed by atoms with van der Waals surface area (Å²) in [5.41, 5.74) is -0.142. The number of nitrogens with one attached hydrogen (secondary N) is 1. The number of esters is 1. The Morgan fingerprint density at radius 1 is 1.43 bits per heavy atom. The van der Waals surface area contributed by atoms with Crippen LogP contribution in [0.3, 0.4) is 0 Å². The molecule has 0 aliphatic carbocycles. The van der Waals surface area contributed by atoms with E-state index in [4.69, 9.17) is 14.2 Å². The monoisotopic (exact) mass is 293 g/mol. The van der Waals surface area contributed by atoms with Gasteiger partial charge in [-0.2, -0.15) is 0 Å². The minimum Gasteiger partial charge on any atom is -0.467 e. The summed E-state index contributed by atoms with van der Waals surface area (Å²) in [5.74, 6) is 0.0619. The van der Waals surface area contributed by atoms with E-state index in [1.165, 1.54) is 7.11 Å². The molecule has 1 aromatic rings. The van der Waals surface area contributed by atoms with Crippen LogP contribution >= 0.6 is 0 Å². The van der Waals surface area contributed by atoms with Gasteiger partial charge in [0.05, 0.1) is 26.9 Å². The van der Waals surface area contributed by atoms with Gasteiger partial charge in [0.15, 0.2) is 5.54 Å². The van der Waals surface area contributed by atoms with E-state index >= 15 is 0 Å². The molecule has 0 bridgehead atoms. The van der Waals surface area contributed by atoms with Crippen LogP contribution in [0.5, 0.6) is 0 Å². The van der Waals surface area contributed by atoms with Gasteiger partial charge in [-0.05, 0) is 19.0 Å². The maximum atomic E-state index is 12.3. The highest BCUT2D eigenvalue weighted by molar-refractivity contribution is 5.82. The van der Waals surface area contributed by atoms with Gasteiger partial charge in [-0.25, -0.2) is 4.79 Å². The molecule has 0 saturated carbocycles. The lowest BCUT2D eigenvalue weighted by molar-refractivity contribution is -0.152. The summed E-state index contributed by atoms with van der Waals surface area (Å²) in [6.07, 6.45) is 1.01. The summed E-state index contributed by atoms with van der Waals surface area (Å²) in [4.78, 5) is 12.3. The molecular formula is C16H23NO4. The lowest BCUT2D eigenvalue weighted by atomic mass is 9.91. The molecule has 1 heterocycles. The van der Waals surface area contributed by atoms with E-state index in [0.717, 1.165) is 25.2 Å². The SMILES string of the molecule is CNC(COCC1CCOC1)(C(=O)OC)c1ccccc1. The Morgan fingerprint density at radius 3 is 2.76 bits per heavy atom. The van der Waals surface area contributed by atoms with E-state index in [-0.39, 0.29) is 12.6 Å². The molecule has 21 heavy (non-hydrogen) atoms. The first-order chi connectivity index (χ1) is 10.2. The minimum absolute atomic E-state index is 0.233. The molecule has 1 aliphatic heterocycles. The molecule has 0 aromatic heterocycles. The summed E-state index contributed by atoms with van der Waals surface area (Å²) >= 11 is 0. The number of carbonyl (C=O) groups is 1. The fourth-order valence-corrected chi connectivity index (χ4v) is 2.57. The normalized spacial score (nSPS) is 21.0. The second-order valence-corrected chi connectivity index (χ2v) is 5.26. The molecule has 116 valence electrons. The third kappa shape index (κ3) is 3.61. The Bertz CT molecular complexity index is 445. The number of hydrogen-bond acceptors (Lipinski definition) is 5. The van der Waals surface area contributed by atoms with Crippen molar-refractivity contribution in [2.45, 2.75) is 12.0 Å². The van der Waals surface area contributed by atoms with E-state index in [9.17, 15) is 4.79 Å². The van der Waals surface area contributed by atoms with Gasteiger partial charge in [0.1, 0.15) is 0 Å². The van der Waals surface area contributed by atoms with Gasteiger partial charge >= 0.3 is 5.97 Å². The van der Waals surface area contributed by atoms with Crippen molar-refractivity contribution in [2.24, 2.45) is 5.92 Å². The van der Waals surface area contributed by atoms with Crippen molar-refractivity contribution in [3.63, 3.8) is 0 Å². The highest BCUT2D eigenvalue weighted by Gasteiger charge is 2.40. The predicted octanol–water partition coefficient (Wildman–Crippen LogP) is 1.33. The average molecular weight is 293 g/mol. The molecule has 1 saturated heterocycles. The second-order valence-electron chi connectivity index (χ2n) is 5.26. The molecule has 0 radical (unpaired) electrons. The molecule has 0 amide bonds. The first kappa shape index (κ1) is 15.9. The second kappa shape index (κ2) is 7.54. The molecular weight excluding hydrogens is 270 g/mol. The van der Waals surface area contributed by atoms with Gasteiger partial charge in [-0.1, -0.05) is 30.3 Å². The molecule has 1 N–H and O–H groups in total. The maximum Gasteiger partial charge on any atom is 0.333 e. The fraction of sp³-hybridized carbons (Fsp3) is 0.562. The Hall–Kier alpha value is -1.43. The summed E-state index contributed by atoms with van der Waals surface area (Å²) in [6.45, 7) is 2.35. The van der Waals surface area contributed by atoms with Crippen molar-refractivity contribution in [1.82, 2.24) is 5.32 Å². The Morgan fingerprint density at radius 2 is 2.19 bits per heavy atom. The smallest absolute Gasteiger partial charge is 0.333 e. The zero-order valence-electron chi connectivity index (χ0n) is 12.6.